The van der Waals surface area contributed by atoms with Crippen LogP contribution >= 0.6 is 7.82 Å². The van der Waals surface area contributed by atoms with Crippen LogP contribution in [0.5, 0.6) is 0 Å². The van der Waals surface area contributed by atoms with E-state index in [2.05, 4.69) is 11.4 Å². The molecule has 2 N–H and O–H groups in total. The van der Waals surface area contributed by atoms with Gasteiger partial charge in [0.05, 0.1) is 5.60 Å². The summed E-state index contributed by atoms with van der Waals surface area (Å²) in [6.07, 6.45) is 3.76. The fraction of sp³-hybridized carbons (Fsp3) is 1.00. The second-order valence-corrected chi connectivity index (χ2v) is 4.96. The molecule has 0 bridgehead atoms. The van der Waals surface area contributed by atoms with Crippen molar-refractivity contribution in [3.63, 3.8) is 0 Å². The van der Waals surface area contributed by atoms with Crippen LogP contribution in [-0.2, 0) is 9.09 Å². The summed E-state index contributed by atoms with van der Waals surface area (Å²) in [6, 6.07) is 0. The van der Waals surface area contributed by atoms with Gasteiger partial charge in [-0.25, -0.2) is 4.57 Å². The van der Waals surface area contributed by atoms with E-state index in [1.165, 1.54) is 0 Å². The molecule has 80 valence electrons. The fourth-order valence-electron chi connectivity index (χ4n) is 1.17. The average Bonchev–Trinajstić information content (AvgIpc) is 1.81. The lowest BCUT2D eigenvalue weighted by Gasteiger charge is -2.24. The zero-order valence-corrected chi connectivity index (χ0v) is 9.38. The summed E-state index contributed by atoms with van der Waals surface area (Å²) in [5.74, 6) is 0. The summed E-state index contributed by atoms with van der Waals surface area (Å²) in [4.78, 5) is 17.2. The molecule has 0 saturated carbocycles. The molecule has 0 aromatic carbocycles. The number of hydrogen-bond donors (Lipinski definition) is 2. The first-order valence-corrected chi connectivity index (χ1v) is 6.06. The van der Waals surface area contributed by atoms with Crippen LogP contribution in [0.1, 0.15) is 46.5 Å². The van der Waals surface area contributed by atoms with Gasteiger partial charge < -0.3 is 9.79 Å². The number of rotatable bonds is 6. The van der Waals surface area contributed by atoms with Gasteiger partial charge in [0.1, 0.15) is 0 Å². The highest BCUT2D eigenvalue weighted by Crippen LogP contribution is 2.42. The second kappa shape index (κ2) is 5.11. The molecule has 4 nitrogen and oxygen atoms in total. The third kappa shape index (κ3) is 8.44. The minimum atomic E-state index is -4.34. The Morgan fingerprint density at radius 3 is 2.23 bits per heavy atom. The Morgan fingerprint density at radius 2 is 1.85 bits per heavy atom. The van der Waals surface area contributed by atoms with Crippen molar-refractivity contribution >= 4 is 7.82 Å². The molecule has 0 fully saturated rings. The van der Waals surface area contributed by atoms with E-state index >= 15 is 0 Å². The summed E-state index contributed by atoms with van der Waals surface area (Å²) in [5.41, 5.74) is -0.728. The molecule has 0 aliphatic rings. The molecule has 0 heterocycles. The Kier molecular flexibility index (Phi) is 5.15. The molecule has 0 spiro atoms. The van der Waals surface area contributed by atoms with Gasteiger partial charge in [-0.15, -0.1) is 0 Å². The second-order valence-electron chi connectivity index (χ2n) is 3.80. The van der Waals surface area contributed by atoms with Gasteiger partial charge in [0.25, 0.3) is 0 Å². The summed E-state index contributed by atoms with van der Waals surface area (Å²) < 4.78 is 15.2. The molecular weight excluding hydrogens is 191 g/mol. The molecule has 0 amide bonds. The van der Waals surface area contributed by atoms with Crippen LogP contribution in [0.3, 0.4) is 0 Å². The molecule has 0 aromatic heterocycles. The van der Waals surface area contributed by atoms with Gasteiger partial charge in [0.15, 0.2) is 0 Å². The van der Waals surface area contributed by atoms with Crippen molar-refractivity contribution in [3.8, 4) is 0 Å². The lowest BCUT2D eigenvalue weighted by Crippen LogP contribution is -2.22. The molecule has 0 unspecified atom stereocenters. The topological polar surface area (TPSA) is 66.8 Å². The molecule has 0 rings (SSSR count). The highest BCUT2D eigenvalue weighted by atomic mass is 31.2. The summed E-state index contributed by atoms with van der Waals surface area (Å²) in [7, 11) is -4.34. The smallest absolute Gasteiger partial charge is 0.303 e. The lowest BCUT2D eigenvalue weighted by atomic mass is 10.0. The van der Waals surface area contributed by atoms with Crippen LogP contribution in [0, 0.1) is 0 Å². The third-order valence-corrected chi connectivity index (χ3v) is 2.48. The largest absolute Gasteiger partial charge is 0.470 e. The first kappa shape index (κ1) is 13.1. The van der Waals surface area contributed by atoms with Crippen LogP contribution in [0.2, 0.25) is 0 Å². The summed E-state index contributed by atoms with van der Waals surface area (Å²) in [5, 5.41) is 0. The first-order valence-electron chi connectivity index (χ1n) is 4.53. The van der Waals surface area contributed by atoms with E-state index < -0.39 is 13.4 Å². The molecule has 0 aromatic rings. The first-order chi connectivity index (χ1) is 5.77. The van der Waals surface area contributed by atoms with E-state index in [-0.39, 0.29) is 0 Å². The van der Waals surface area contributed by atoms with Crippen molar-refractivity contribution in [2.45, 2.75) is 52.1 Å². The minimum absolute atomic E-state index is 0.673. The van der Waals surface area contributed by atoms with Gasteiger partial charge in [0, 0.05) is 0 Å². The van der Waals surface area contributed by atoms with Crippen molar-refractivity contribution in [1.82, 2.24) is 0 Å². The Morgan fingerprint density at radius 1 is 1.31 bits per heavy atom. The van der Waals surface area contributed by atoms with Gasteiger partial charge >= 0.3 is 7.82 Å². The van der Waals surface area contributed by atoms with Crippen LogP contribution in [-0.4, -0.2) is 15.4 Å². The SMILES string of the molecule is CCCCCC(C)(C)OP(=O)(O)O. The van der Waals surface area contributed by atoms with Crippen LogP contribution in [0.4, 0.5) is 0 Å². The maximum absolute atomic E-state index is 10.6. The predicted octanol–water partition coefficient (Wildman–Crippen LogP) is 2.45. The van der Waals surface area contributed by atoms with E-state index in [1.54, 1.807) is 13.8 Å². The zero-order valence-electron chi connectivity index (χ0n) is 8.49. The quantitative estimate of drug-likeness (QED) is 0.522. The van der Waals surface area contributed by atoms with Crippen LogP contribution in [0.15, 0.2) is 0 Å². The van der Waals surface area contributed by atoms with Crippen molar-refractivity contribution in [1.29, 1.82) is 0 Å². The van der Waals surface area contributed by atoms with Crippen molar-refractivity contribution in [2.24, 2.45) is 0 Å². The van der Waals surface area contributed by atoms with Crippen LogP contribution < -0.4 is 0 Å². The van der Waals surface area contributed by atoms with Crippen LogP contribution in [0.25, 0.3) is 0 Å². The molecule has 0 aliphatic carbocycles. The number of phosphoric acid groups is 1. The van der Waals surface area contributed by atoms with Crippen molar-refractivity contribution in [3.05, 3.63) is 0 Å². The maximum atomic E-state index is 10.6. The molecular formula is C8H19O4P. The summed E-state index contributed by atoms with van der Waals surface area (Å²) >= 11 is 0. The highest BCUT2D eigenvalue weighted by molar-refractivity contribution is 7.46. The van der Waals surface area contributed by atoms with Gasteiger partial charge in [-0.1, -0.05) is 26.2 Å². The van der Waals surface area contributed by atoms with E-state index in [0.717, 1.165) is 19.3 Å². The molecule has 0 aliphatic heterocycles. The van der Waals surface area contributed by atoms with E-state index in [1.807, 2.05) is 0 Å². The van der Waals surface area contributed by atoms with Gasteiger partial charge in [-0.3, -0.25) is 4.52 Å². The van der Waals surface area contributed by atoms with Crippen molar-refractivity contribution in [2.75, 3.05) is 0 Å². The van der Waals surface area contributed by atoms with Gasteiger partial charge in [-0.05, 0) is 20.3 Å². The standard InChI is InChI=1S/C8H19O4P/c1-4-5-6-7-8(2,3)12-13(9,10)11/h4-7H2,1-3H3,(H2,9,10,11). The van der Waals surface area contributed by atoms with E-state index in [4.69, 9.17) is 9.79 Å². The van der Waals surface area contributed by atoms with E-state index in [0.29, 0.717) is 6.42 Å². The lowest BCUT2D eigenvalue weighted by molar-refractivity contribution is 0.0558. The van der Waals surface area contributed by atoms with Crippen molar-refractivity contribution < 1.29 is 18.9 Å². The Balaban J connectivity index is 3.87. The molecule has 0 atom stereocenters. The summed E-state index contributed by atoms with van der Waals surface area (Å²) in [6.45, 7) is 5.47. The Bertz CT molecular complexity index is 185. The highest BCUT2D eigenvalue weighted by Gasteiger charge is 2.28. The molecule has 5 heteroatoms. The predicted molar refractivity (Wildman–Crippen MR) is 51.4 cm³/mol. The number of phosphoric ester groups is 1. The Hall–Kier alpha value is 0.110. The average molecular weight is 210 g/mol. The number of hydrogen-bond acceptors (Lipinski definition) is 2. The fourth-order valence-corrected chi connectivity index (χ4v) is 1.90. The monoisotopic (exact) mass is 210 g/mol. The molecule has 13 heavy (non-hydrogen) atoms. The molecule has 0 saturated heterocycles. The van der Waals surface area contributed by atoms with Gasteiger partial charge in [0.2, 0.25) is 0 Å². The van der Waals surface area contributed by atoms with E-state index in [9.17, 15) is 4.57 Å². The maximum Gasteiger partial charge on any atom is 0.470 e. The number of unbranched alkanes of at least 4 members (excludes halogenated alkanes) is 2. The normalized spacial score (nSPS) is 13.3. The zero-order chi connectivity index (χ0) is 10.5. The van der Waals surface area contributed by atoms with Gasteiger partial charge in [-0.2, -0.15) is 0 Å². The minimum Gasteiger partial charge on any atom is -0.303 e. The molecule has 0 radical (unpaired) electrons. The Labute approximate surface area is 79.5 Å². The third-order valence-electron chi connectivity index (χ3n) is 1.75.